The average Bonchev–Trinajstić information content (AvgIpc) is 2.82. The highest BCUT2D eigenvalue weighted by Crippen LogP contribution is 2.26. The van der Waals surface area contributed by atoms with Crippen molar-refractivity contribution in [2.75, 3.05) is 13.1 Å². The molecule has 2 heterocycles. The van der Waals surface area contributed by atoms with Crippen LogP contribution in [0.15, 0.2) is 12.5 Å². The van der Waals surface area contributed by atoms with Crippen LogP contribution < -0.4 is 5.73 Å². The van der Waals surface area contributed by atoms with Crippen LogP contribution in [-0.4, -0.2) is 39.9 Å². The van der Waals surface area contributed by atoms with E-state index in [2.05, 4.69) is 9.97 Å². The average molecular weight is 309 g/mol. The topological polar surface area (TPSA) is 75.0 Å². The van der Waals surface area contributed by atoms with E-state index in [-0.39, 0.29) is 36.8 Å². The molecule has 1 unspecified atom stereocenters. The smallest absolute Gasteiger partial charge is 0.224 e. The minimum Gasteiger partial charge on any atom is -0.348 e. The van der Waals surface area contributed by atoms with E-state index in [4.69, 9.17) is 5.73 Å². The fourth-order valence-corrected chi connectivity index (χ4v) is 2.33. The molecular weight excluding hydrogens is 287 g/mol. The molecule has 1 aromatic rings. The van der Waals surface area contributed by atoms with Crippen LogP contribution >= 0.6 is 24.8 Å². The van der Waals surface area contributed by atoms with Crippen molar-refractivity contribution in [2.24, 2.45) is 5.73 Å². The summed E-state index contributed by atoms with van der Waals surface area (Å²) in [4.78, 5) is 20.9. The molecule has 110 valence electrons. The number of imidazole rings is 1. The third-order valence-electron chi connectivity index (χ3n) is 3.30. The minimum absolute atomic E-state index is 0. The summed E-state index contributed by atoms with van der Waals surface area (Å²) in [7, 11) is 0. The van der Waals surface area contributed by atoms with Crippen molar-refractivity contribution in [2.45, 2.75) is 38.1 Å². The number of carbonyl (C=O) groups excluding carboxylic acids is 1. The van der Waals surface area contributed by atoms with Gasteiger partial charge in [-0.15, -0.1) is 24.8 Å². The molecule has 5 nitrogen and oxygen atoms in total. The first-order chi connectivity index (χ1) is 8.16. The van der Waals surface area contributed by atoms with Crippen LogP contribution in [-0.2, 0) is 4.79 Å². The number of carbonyl (C=O) groups is 1. The maximum atomic E-state index is 11.8. The highest BCUT2D eigenvalue weighted by atomic mass is 35.5. The monoisotopic (exact) mass is 308 g/mol. The Labute approximate surface area is 126 Å². The van der Waals surface area contributed by atoms with Gasteiger partial charge in [0.25, 0.3) is 0 Å². The van der Waals surface area contributed by atoms with Crippen LogP contribution in [0.5, 0.6) is 0 Å². The van der Waals surface area contributed by atoms with Gasteiger partial charge in [-0.3, -0.25) is 4.79 Å². The minimum atomic E-state index is -0.0483. The number of nitrogens with one attached hydrogen (secondary N) is 1. The van der Waals surface area contributed by atoms with Crippen LogP contribution in [0.2, 0.25) is 0 Å². The zero-order valence-electron chi connectivity index (χ0n) is 11.0. The van der Waals surface area contributed by atoms with Gasteiger partial charge in [0.1, 0.15) is 0 Å². The maximum Gasteiger partial charge on any atom is 0.224 e. The maximum absolute atomic E-state index is 11.8. The first kappa shape index (κ1) is 18.2. The number of halogens is 2. The molecule has 0 aromatic carbocycles. The van der Waals surface area contributed by atoms with Crippen molar-refractivity contribution >= 4 is 30.7 Å². The van der Waals surface area contributed by atoms with Gasteiger partial charge >= 0.3 is 0 Å². The van der Waals surface area contributed by atoms with Crippen LogP contribution in [0.4, 0.5) is 0 Å². The van der Waals surface area contributed by atoms with Crippen LogP contribution in [0.3, 0.4) is 0 Å². The second-order valence-corrected chi connectivity index (χ2v) is 4.84. The number of H-pyrrole nitrogens is 1. The molecule has 1 saturated heterocycles. The van der Waals surface area contributed by atoms with Crippen molar-refractivity contribution in [3.8, 4) is 0 Å². The third kappa shape index (κ3) is 5.01. The number of hydrogen-bond acceptors (Lipinski definition) is 3. The number of aromatic nitrogens is 2. The lowest BCUT2D eigenvalue weighted by molar-refractivity contribution is -0.132. The van der Waals surface area contributed by atoms with Gasteiger partial charge in [0.2, 0.25) is 5.91 Å². The Morgan fingerprint density at radius 1 is 1.53 bits per heavy atom. The van der Waals surface area contributed by atoms with Crippen molar-refractivity contribution < 1.29 is 4.79 Å². The molecule has 0 radical (unpaired) electrons. The Bertz CT molecular complexity index is 362. The van der Waals surface area contributed by atoms with E-state index in [1.807, 2.05) is 18.0 Å². The SMILES string of the molecule is CC(N)CC(=O)N1CCC(c2cnc[nH]2)CC1.Cl.Cl. The van der Waals surface area contributed by atoms with E-state index in [0.717, 1.165) is 25.9 Å². The molecule has 1 aliphatic rings. The molecule has 1 fully saturated rings. The molecular formula is C12H22Cl2N4O. The van der Waals surface area contributed by atoms with Gasteiger partial charge in [-0.1, -0.05) is 0 Å². The summed E-state index contributed by atoms with van der Waals surface area (Å²) >= 11 is 0. The Hall–Kier alpha value is -0.780. The first-order valence-corrected chi connectivity index (χ1v) is 6.18. The van der Waals surface area contributed by atoms with Gasteiger partial charge in [0, 0.05) is 43.4 Å². The van der Waals surface area contributed by atoms with Crippen molar-refractivity contribution in [3.63, 3.8) is 0 Å². The molecule has 1 aliphatic heterocycles. The predicted molar refractivity (Wildman–Crippen MR) is 79.9 cm³/mol. The quantitative estimate of drug-likeness (QED) is 0.892. The number of likely N-dealkylation sites (tertiary alicyclic amines) is 1. The van der Waals surface area contributed by atoms with Crippen LogP contribution in [0.1, 0.15) is 37.8 Å². The molecule has 19 heavy (non-hydrogen) atoms. The molecule has 1 aromatic heterocycles. The molecule has 3 N–H and O–H groups in total. The molecule has 7 heteroatoms. The van der Waals surface area contributed by atoms with Gasteiger partial charge in [-0.2, -0.15) is 0 Å². The fraction of sp³-hybridized carbons (Fsp3) is 0.667. The number of amides is 1. The van der Waals surface area contributed by atoms with E-state index in [1.165, 1.54) is 5.69 Å². The molecule has 0 bridgehead atoms. The van der Waals surface area contributed by atoms with E-state index in [1.54, 1.807) is 6.33 Å². The van der Waals surface area contributed by atoms with Crippen molar-refractivity contribution in [3.05, 3.63) is 18.2 Å². The number of piperidine rings is 1. The number of rotatable bonds is 3. The van der Waals surface area contributed by atoms with Crippen molar-refractivity contribution in [1.82, 2.24) is 14.9 Å². The molecule has 1 amide bonds. The summed E-state index contributed by atoms with van der Waals surface area (Å²) in [5.74, 6) is 0.694. The highest BCUT2D eigenvalue weighted by molar-refractivity contribution is 5.85. The Morgan fingerprint density at radius 2 is 2.16 bits per heavy atom. The number of nitrogens with zero attached hydrogens (tertiary/aromatic N) is 2. The van der Waals surface area contributed by atoms with Gasteiger partial charge < -0.3 is 15.6 Å². The highest BCUT2D eigenvalue weighted by Gasteiger charge is 2.24. The summed E-state index contributed by atoms with van der Waals surface area (Å²) in [6.45, 7) is 3.53. The number of hydrogen-bond donors (Lipinski definition) is 2. The van der Waals surface area contributed by atoms with E-state index >= 15 is 0 Å². The molecule has 0 saturated carbocycles. The standard InChI is InChI=1S/C12H20N4O.2ClH/c1-9(13)6-12(17)16-4-2-10(3-5-16)11-7-14-8-15-11;;/h7-10H,2-6,13H2,1H3,(H,14,15);2*1H. The van der Waals surface area contributed by atoms with E-state index in [0.29, 0.717) is 12.3 Å². The zero-order chi connectivity index (χ0) is 12.3. The Morgan fingerprint density at radius 3 is 2.63 bits per heavy atom. The summed E-state index contributed by atoms with van der Waals surface area (Å²) in [6, 6.07) is -0.0483. The first-order valence-electron chi connectivity index (χ1n) is 6.18. The van der Waals surface area contributed by atoms with Crippen LogP contribution in [0, 0.1) is 0 Å². The van der Waals surface area contributed by atoms with E-state index in [9.17, 15) is 4.79 Å². The Balaban J connectivity index is 0.00000162. The van der Waals surface area contributed by atoms with E-state index < -0.39 is 0 Å². The summed E-state index contributed by atoms with van der Waals surface area (Å²) in [5.41, 5.74) is 6.83. The summed E-state index contributed by atoms with van der Waals surface area (Å²) in [6.07, 6.45) is 6.06. The zero-order valence-corrected chi connectivity index (χ0v) is 12.7. The number of nitrogens with two attached hydrogens (primary N) is 1. The van der Waals surface area contributed by atoms with Gasteiger partial charge in [0.05, 0.1) is 6.33 Å². The van der Waals surface area contributed by atoms with Gasteiger partial charge in [0.15, 0.2) is 0 Å². The fourth-order valence-electron chi connectivity index (χ4n) is 2.33. The van der Waals surface area contributed by atoms with Crippen LogP contribution in [0.25, 0.3) is 0 Å². The third-order valence-corrected chi connectivity index (χ3v) is 3.30. The van der Waals surface area contributed by atoms with Gasteiger partial charge in [-0.05, 0) is 19.8 Å². The second kappa shape index (κ2) is 8.40. The Kier molecular flexibility index (Phi) is 8.06. The van der Waals surface area contributed by atoms with Crippen molar-refractivity contribution in [1.29, 1.82) is 0 Å². The number of aromatic amines is 1. The summed E-state index contributed by atoms with van der Waals surface area (Å²) < 4.78 is 0. The lowest BCUT2D eigenvalue weighted by Gasteiger charge is -2.32. The normalized spacial score (nSPS) is 17.3. The predicted octanol–water partition coefficient (Wildman–Crippen LogP) is 1.70. The van der Waals surface area contributed by atoms with Gasteiger partial charge in [-0.25, -0.2) is 4.98 Å². The lowest BCUT2D eigenvalue weighted by atomic mass is 9.94. The molecule has 0 spiro atoms. The molecule has 0 aliphatic carbocycles. The molecule has 1 atom stereocenters. The molecule has 2 rings (SSSR count). The largest absolute Gasteiger partial charge is 0.348 e. The lowest BCUT2D eigenvalue weighted by Crippen LogP contribution is -2.40. The second-order valence-electron chi connectivity index (χ2n) is 4.84. The summed E-state index contributed by atoms with van der Waals surface area (Å²) in [5, 5.41) is 0.